The van der Waals surface area contributed by atoms with Crippen LogP contribution in [0, 0.1) is 10.1 Å². The molecule has 0 aromatic heterocycles. The molecule has 1 aliphatic rings. The SMILES string of the molecule is CCOc1ccccc1NC(=O)C1=C(C)NC(=O)N[C@@H]1c1cccc([N+](=O)[O-])c1. The number of non-ortho nitro benzene ring substituents is 1. The van der Waals surface area contributed by atoms with E-state index in [2.05, 4.69) is 16.0 Å². The van der Waals surface area contributed by atoms with E-state index in [-0.39, 0.29) is 11.3 Å². The number of ether oxygens (including phenoxy) is 1. The fourth-order valence-corrected chi connectivity index (χ4v) is 3.10. The van der Waals surface area contributed by atoms with E-state index in [9.17, 15) is 19.7 Å². The Kier molecular flexibility index (Phi) is 5.77. The number of nitro groups is 1. The second-order valence-corrected chi connectivity index (χ2v) is 6.31. The van der Waals surface area contributed by atoms with E-state index in [1.807, 2.05) is 6.92 Å². The molecular formula is C20H20N4O5. The van der Waals surface area contributed by atoms with Gasteiger partial charge in [-0.15, -0.1) is 0 Å². The molecule has 29 heavy (non-hydrogen) atoms. The molecule has 1 atom stereocenters. The van der Waals surface area contributed by atoms with Crippen molar-refractivity contribution in [3.05, 3.63) is 75.5 Å². The summed E-state index contributed by atoms with van der Waals surface area (Å²) in [5.41, 5.74) is 1.38. The van der Waals surface area contributed by atoms with Crippen LogP contribution < -0.4 is 20.7 Å². The number of rotatable bonds is 6. The lowest BCUT2D eigenvalue weighted by atomic mass is 9.94. The van der Waals surface area contributed by atoms with Crippen molar-refractivity contribution in [1.82, 2.24) is 10.6 Å². The summed E-state index contributed by atoms with van der Waals surface area (Å²) in [7, 11) is 0. The number of nitrogens with one attached hydrogen (secondary N) is 3. The summed E-state index contributed by atoms with van der Waals surface area (Å²) in [6, 6.07) is 11.5. The second kappa shape index (κ2) is 8.42. The van der Waals surface area contributed by atoms with Crippen LogP contribution in [0.2, 0.25) is 0 Å². The van der Waals surface area contributed by atoms with E-state index in [1.165, 1.54) is 18.2 Å². The summed E-state index contributed by atoms with van der Waals surface area (Å²) in [6.45, 7) is 3.87. The Morgan fingerprint density at radius 2 is 2.00 bits per heavy atom. The topological polar surface area (TPSA) is 123 Å². The number of carbonyl (C=O) groups excluding carboxylic acids is 2. The standard InChI is InChI=1S/C20H20N4O5/c1-3-29-16-10-5-4-9-15(16)22-19(25)17-12(2)21-20(26)23-18(17)13-7-6-8-14(11-13)24(27)28/h4-11,18H,3H2,1-2H3,(H,22,25)(H2,21,23,26)/t18-/m1/s1. The molecule has 150 valence electrons. The number of allylic oxidation sites excluding steroid dienone is 1. The van der Waals surface area contributed by atoms with E-state index < -0.39 is 22.9 Å². The van der Waals surface area contributed by atoms with Crippen molar-refractivity contribution in [3.8, 4) is 5.75 Å². The van der Waals surface area contributed by atoms with Crippen LogP contribution in [-0.4, -0.2) is 23.5 Å². The second-order valence-electron chi connectivity index (χ2n) is 6.31. The Labute approximate surface area is 166 Å². The third-order valence-electron chi connectivity index (χ3n) is 4.36. The lowest BCUT2D eigenvalue weighted by molar-refractivity contribution is -0.384. The molecule has 1 heterocycles. The number of benzene rings is 2. The number of amides is 3. The fourth-order valence-electron chi connectivity index (χ4n) is 3.10. The number of carbonyl (C=O) groups is 2. The van der Waals surface area contributed by atoms with E-state index in [0.717, 1.165) is 0 Å². The minimum atomic E-state index is -0.845. The number of hydrogen-bond acceptors (Lipinski definition) is 5. The number of para-hydroxylation sites is 2. The lowest BCUT2D eigenvalue weighted by Gasteiger charge is -2.28. The highest BCUT2D eigenvalue weighted by atomic mass is 16.6. The highest BCUT2D eigenvalue weighted by Gasteiger charge is 2.32. The van der Waals surface area contributed by atoms with Crippen LogP contribution in [-0.2, 0) is 4.79 Å². The molecule has 0 spiro atoms. The Morgan fingerprint density at radius 3 is 2.72 bits per heavy atom. The number of nitro benzene ring substituents is 1. The Morgan fingerprint density at radius 1 is 1.24 bits per heavy atom. The molecule has 0 saturated carbocycles. The summed E-state index contributed by atoms with van der Waals surface area (Å²) in [6.07, 6.45) is 0. The van der Waals surface area contributed by atoms with E-state index >= 15 is 0 Å². The van der Waals surface area contributed by atoms with Gasteiger partial charge in [-0.3, -0.25) is 14.9 Å². The smallest absolute Gasteiger partial charge is 0.319 e. The molecule has 0 radical (unpaired) electrons. The van der Waals surface area contributed by atoms with Crippen LogP contribution in [0.25, 0.3) is 0 Å². The summed E-state index contributed by atoms with van der Waals surface area (Å²) in [4.78, 5) is 35.7. The van der Waals surface area contributed by atoms with Gasteiger partial charge < -0.3 is 20.7 Å². The average molecular weight is 396 g/mol. The van der Waals surface area contributed by atoms with Crippen molar-refractivity contribution in [2.75, 3.05) is 11.9 Å². The van der Waals surface area contributed by atoms with Crippen molar-refractivity contribution >= 4 is 23.3 Å². The van der Waals surface area contributed by atoms with Crippen LogP contribution in [0.3, 0.4) is 0 Å². The van der Waals surface area contributed by atoms with Crippen molar-refractivity contribution in [3.63, 3.8) is 0 Å². The molecule has 3 N–H and O–H groups in total. The first-order valence-electron chi connectivity index (χ1n) is 8.96. The normalized spacial score (nSPS) is 15.9. The third-order valence-corrected chi connectivity index (χ3v) is 4.36. The van der Waals surface area contributed by atoms with E-state index in [0.29, 0.717) is 29.3 Å². The van der Waals surface area contributed by atoms with Gasteiger partial charge in [0.15, 0.2) is 0 Å². The van der Waals surface area contributed by atoms with Gasteiger partial charge in [-0.2, -0.15) is 0 Å². The Hall–Kier alpha value is -3.88. The lowest BCUT2D eigenvalue weighted by Crippen LogP contribution is -2.46. The van der Waals surface area contributed by atoms with Gasteiger partial charge in [0.2, 0.25) is 0 Å². The molecule has 0 aliphatic carbocycles. The van der Waals surface area contributed by atoms with Crippen LogP contribution in [0.15, 0.2) is 59.8 Å². The maximum Gasteiger partial charge on any atom is 0.319 e. The number of urea groups is 1. The summed E-state index contributed by atoms with van der Waals surface area (Å²) in [5.74, 6) is 0.0555. The first kappa shape index (κ1) is 19.9. The maximum absolute atomic E-state index is 13.1. The zero-order valence-electron chi connectivity index (χ0n) is 15.9. The molecule has 3 rings (SSSR count). The van der Waals surface area contributed by atoms with Gasteiger partial charge in [0.25, 0.3) is 11.6 Å². The zero-order valence-corrected chi connectivity index (χ0v) is 15.9. The van der Waals surface area contributed by atoms with Gasteiger partial charge in [-0.25, -0.2) is 4.79 Å². The minimum absolute atomic E-state index is 0.130. The predicted molar refractivity (Wildman–Crippen MR) is 106 cm³/mol. The third kappa shape index (κ3) is 4.34. The molecule has 0 unspecified atom stereocenters. The quantitative estimate of drug-likeness (QED) is 0.511. The maximum atomic E-state index is 13.1. The fraction of sp³-hybridized carbons (Fsp3) is 0.200. The van der Waals surface area contributed by atoms with Crippen LogP contribution >= 0.6 is 0 Å². The summed E-state index contributed by atoms with van der Waals surface area (Å²) >= 11 is 0. The predicted octanol–water partition coefficient (Wildman–Crippen LogP) is 3.26. The van der Waals surface area contributed by atoms with Crippen molar-refractivity contribution in [1.29, 1.82) is 0 Å². The van der Waals surface area contributed by atoms with Gasteiger partial charge in [-0.1, -0.05) is 24.3 Å². The molecule has 9 heteroatoms. The zero-order chi connectivity index (χ0) is 21.0. The van der Waals surface area contributed by atoms with Crippen LogP contribution in [0.1, 0.15) is 25.5 Å². The van der Waals surface area contributed by atoms with Crippen LogP contribution in [0.5, 0.6) is 5.75 Å². The van der Waals surface area contributed by atoms with Gasteiger partial charge in [0.05, 0.1) is 28.8 Å². The number of anilines is 1. The van der Waals surface area contributed by atoms with Crippen molar-refractivity contribution in [2.45, 2.75) is 19.9 Å². The molecule has 0 fully saturated rings. The first-order chi connectivity index (χ1) is 13.9. The molecule has 9 nitrogen and oxygen atoms in total. The molecule has 0 saturated heterocycles. The first-order valence-corrected chi connectivity index (χ1v) is 8.96. The molecule has 0 bridgehead atoms. The van der Waals surface area contributed by atoms with Gasteiger partial charge >= 0.3 is 6.03 Å². The summed E-state index contributed by atoms with van der Waals surface area (Å²) < 4.78 is 5.53. The highest BCUT2D eigenvalue weighted by Crippen LogP contribution is 2.31. The van der Waals surface area contributed by atoms with Gasteiger partial charge in [0, 0.05) is 17.8 Å². The molecular weight excluding hydrogens is 376 g/mol. The van der Waals surface area contributed by atoms with Crippen LogP contribution in [0.4, 0.5) is 16.2 Å². The van der Waals surface area contributed by atoms with Crippen molar-refractivity contribution < 1.29 is 19.2 Å². The van der Waals surface area contributed by atoms with Gasteiger partial charge in [0.1, 0.15) is 5.75 Å². The highest BCUT2D eigenvalue weighted by molar-refractivity contribution is 6.07. The molecule has 1 aliphatic heterocycles. The average Bonchev–Trinajstić information content (AvgIpc) is 2.69. The number of nitrogens with zero attached hydrogens (tertiary/aromatic N) is 1. The minimum Gasteiger partial charge on any atom is -0.492 e. The van der Waals surface area contributed by atoms with E-state index in [4.69, 9.17) is 4.74 Å². The monoisotopic (exact) mass is 396 g/mol. The largest absolute Gasteiger partial charge is 0.492 e. The Balaban J connectivity index is 1.97. The van der Waals surface area contributed by atoms with Crippen molar-refractivity contribution in [2.24, 2.45) is 0 Å². The molecule has 2 aromatic carbocycles. The number of hydrogen-bond donors (Lipinski definition) is 3. The molecule has 2 aromatic rings. The summed E-state index contributed by atoms with van der Waals surface area (Å²) in [5, 5.41) is 19.2. The Bertz CT molecular complexity index is 1000. The molecule has 3 amide bonds. The van der Waals surface area contributed by atoms with E-state index in [1.54, 1.807) is 37.3 Å². The van der Waals surface area contributed by atoms with Gasteiger partial charge in [-0.05, 0) is 31.5 Å².